The predicted molar refractivity (Wildman–Crippen MR) is 107 cm³/mol. The number of amides is 1. The first-order chi connectivity index (χ1) is 11.8. The Kier molecular flexibility index (Phi) is 6.22. The Balaban J connectivity index is 2.25. The summed E-state index contributed by atoms with van der Waals surface area (Å²) in [5.74, 6) is 0.207. The molecule has 1 aromatic heterocycles. The maximum atomic E-state index is 13.3. The van der Waals surface area contributed by atoms with Gasteiger partial charge in [-0.2, -0.15) is 0 Å². The summed E-state index contributed by atoms with van der Waals surface area (Å²) in [6, 6.07) is 8.16. The van der Waals surface area contributed by atoms with Crippen LogP contribution in [0.3, 0.4) is 0 Å². The molecule has 0 fully saturated rings. The fourth-order valence-corrected chi connectivity index (χ4v) is 4.46. The normalized spacial score (nSPS) is 12.6. The fraction of sp³-hybridized carbons (Fsp3) is 0.600. The van der Waals surface area contributed by atoms with Gasteiger partial charge in [-0.25, -0.2) is 4.98 Å². The Morgan fingerprint density at radius 2 is 1.88 bits per heavy atom. The van der Waals surface area contributed by atoms with Crippen molar-refractivity contribution in [3.05, 3.63) is 29.3 Å². The SMILES string of the molecule is CCC(CC)(Cc1nc2ccccc2s1)C(=O)N(C)CC(C)(C)CN. The summed E-state index contributed by atoms with van der Waals surface area (Å²) in [6.07, 6.45) is 2.32. The van der Waals surface area contributed by atoms with Crippen LogP contribution in [0.5, 0.6) is 0 Å². The van der Waals surface area contributed by atoms with E-state index >= 15 is 0 Å². The number of carbonyl (C=O) groups is 1. The molecule has 0 aliphatic carbocycles. The van der Waals surface area contributed by atoms with Gasteiger partial charge in [-0.15, -0.1) is 11.3 Å². The highest BCUT2D eigenvalue weighted by Gasteiger charge is 2.39. The Labute approximate surface area is 155 Å². The molecule has 0 radical (unpaired) electrons. The predicted octanol–water partition coefficient (Wildman–Crippen LogP) is 4.09. The zero-order valence-corrected chi connectivity index (χ0v) is 16.9. The standard InChI is InChI=1S/C20H31N3OS/c1-6-20(7-2,18(24)23(5)14-19(3,4)13-21)12-17-22-15-10-8-9-11-16(15)25-17/h8-11H,6-7,12-14,21H2,1-5H3. The van der Waals surface area contributed by atoms with E-state index in [9.17, 15) is 4.79 Å². The highest BCUT2D eigenvalue weighted by molar-refractivity contribution is 7.18. The number of fused-ring (bicyclic) bond motifs is 1. The molecule has 0 saturated heterocycles. The van der Waals surface area contributed by atoms with Crippen LogP contribution >= 0.6 is 11.3 Å². The molecule has 0 spiro atoms. The van der Waals surface area contributed by atoms with Crippen molar-refractivity contribution in [2.75, 3.05) is 20.1 Å². The van der Waals surface area contributed by atoms with Gasteiger partial charge in [0.15, 0.2) is 0 Å². The fourth-order valence-electron chi connectivity index (χ4n) is 3.35. The summed E-state index contributed by atoms with van der Waals surface area (Å²) in [5.41, 5.74) is 6.40. The molecule has 138 valence electrons. The van der Waals surface area contributed by atoms with Crippen molar-refractivity contribution in [2.45, 2.75) is 47.0 Å². The number of para-hydroxylation sites is 1. The number of nitrogens with zero attached hydrogens (tertiary/aromatic N) is 2. The molecule has 2 rings (SSSR count). The number of carbonyl (C=O) groups excluding carboxylic acids is 1. The van der Waals surface area contributed by atoms with Crippen LogP contribution in [0.15, 0.2) is 24.3 Å². The van der Waals surface area contributed by atoms with Gasteiger partial charge in [0.25, 0.3) is 0 Å². The molecule has 25 heavy (non-hydrogen) atoms. The summed E-state index contributed by atoms with van der Waals surface area (Å²) in [6.45, 7) is 9.65. The van der Waals surface area contributed by atoms with Crippen LogP contribution in [0.1, 0.15) is 45.5 Å². The molecule has 1 amide bonds. The second kappa shape index (κ2) is 7.83. The second-order valence-corrected chi connectivity index (χ2v) is 8.88. The average Bonchev–Trinajstić information content (AvgIpc) is 3.01. The molecule has 0 aliphatic rings. The molecule has 1 heterocycles. The molecule has 4 nitrogen and oxygen atoms in total. The van der Waals surface area contributed by atoms with Crippen LogP contribution in [-0.2, 0) is 11.2 Å². The number of nitrogens with two attached hydrogens (primary N) is 1. The van der Waals surface area contributed by atoms with Crippen LogP contribution in [-0.4, -0.2) is 35.9 Å². The van der Waals surface area contributed by atoms with Gasteiger partial charge in [0.1, 0.15) is 0 Å². The minimum Gasteiger partial charge on any atom is -0.345 e. The zero-order valence-electron chi connectivity index (χ0n) is 16.1. The maximum Gasteiger partial charge on any atom is 0.228 e. The lowest BCUT2D eigenvalue weighted by atomic mass is 9.77. The van der Waals surface area contributed by atoms with Crippen LogP contribution in [0.4, 0.5) is 0 Å². The lowest BCUT2D eigenvalue weighted by Gasteiger charge is -2.37. The molecular weight excluding hydrogens is 330 g/mol. The third-order valence-electron chi connectivity index (χ3n) is 5.20. The van der Waals surface area contributed by atoms with Gasteiger partial charge in [0.05, 0.1) is 20.6 Å². The lowest BCUT2D eigenvalue weighted by Crippen LogP contribution is -2.47. The van der Waals surface area contributed by atoms with Crippen molar-refractivity contribution >= 4 is 27.5 Å². The van der Waals surface area contributed by atoms with E-state index < -0.39 is 5.41 Å². The van der Waals surface area contributed by atoms with Crippen molar-refractivity contribution in [3.63, 3.8) is 0 Å². The number of hydrogen-bond donors (Lipinski definition) is 1. The van der Waals surface area contributed by atoms with Crippen molar-refractivity contribution in [1.29, 1.82) is 0 Å². The smallest absolute Gasteiger partial charge is 0.228 e. The van der Waals surface area contributed by atoms with Gasteiger partial charge in [0.2, 0.25) is 5.91 Å². The molecule has 0 atom stereocenters. The number of hydrogen-bond acceptors (Lipinski definition) is 4. The molecule has 2 N–H and O–H groups in total. The van der Waals surface area contributed by atoms with Crippen LogP contribution < -0.4 is 5.73 Å². The number of rotatable bonds is 8. The topological polar surface area (TPSA) is 59.2 Å². The third-order valence-corrected chi connectivity index (χ3v) is 6.24. The minimum atomic E-state index is -0.396. The highest BCUT2D eigenvalue weighted by atomic mass is 32.1. The van der Waals surface area contributed by atoms with Gasteiger partial charge >= 0.3 is 0 Å². The van der Waals surface area contributed by atoms with Crippen molar-refractivity contribution in [2.24, 2.45) is 16.6 Å². The number of benzene rings is 1. The largest absolute Gasteiger partial charge is 0.345 e. The quantitative estimate of drug-likeness (QED) is 0.770. The van der Waals surface area contributed by atoms with E-state index in [1.807, 2.05) is 30.1 Å². The van der Waals surface area contributed by atoms with Crippen LogP contribution in [0, 0.1) is 10.8 Å². The zero-order chi connectivity index (χ0) is 18.7. The average molecular weight is 362 g/mol. The van der Waals surface area contributed by atoms with E-state index in [1.165, 1.54) is 4.70 Å². The summed E-state index contributed by atoms with van der Waals surface area (Å²) in [5, 5.41) is 1.05. The number of thiazole rings is 1. The Bertz CT molecular complexity index is 686. The van der Waals surface area contributed by atoms with E-state index in [0.717, 1.165) is 23.4 Å². The molecule has 0 saturated carbocycles. The van der Waals surface area contributed by atoms with Gasteiger partial charge < -0.3 is 10.6 Å². The molecule has 0 unspecified atom stereocenters. The van der Waals surface area contributed by atoms with E-state index in [-0.39, 0.29) is 11.3 Å². The molecule has 0 aliphatic heterocycles. The van der Waals surface area contributed by atoms with Gasteiger partial charge in [-0.05, 0) is 36.9 Å². The molecule has 1 aromatic carbocycles. The molecule has 0 bridgehead atoms. The summed E-state index contributed by atoms with van der Waals surface area (Å²) < 4.78 is 1.18. The summed E-state index contributed by atoms with van der Waals surface area (Å²) >= 11 is 1.70. The summed E-state index contributed by atoms with van der Waals surface area (Å²) in [4.78, 5) is 19.9. The number of aromatic nitrogens is 1. The Morgan fingerprint density at radius 3 is 2.44 bits per heavy atom. The van der Waals surface area contributed by atoms with E-state index in [4.69, 9.17) is 10.7 Å². The molecule has 5 heteroatoms. The first-order valence-corrected chi connectivity index (χ1v) is 9.88. The first kappa shape index (κ1) is 19.9. The Hall–Kier alpha value is -1.46. The van der Waals surface area contributed by atoms with Crippen LogP contribution in [0.2, 0.25) is 0 Å². The monoisotopic (exact) mass is 361 g/mol. The van der Waals surface area contributed by atoms with Gasteiger partial charge in [0, 0.05) is 20.0 Å². The van der Waals surface area contributed by atoms with Crippen molar-refractivity contribution in [3.8, 4) is 0 Å². The van der Waals surface area contributed by atoms with E-state index in [0.29, 0.717) is 19.5 Å². The van der Waals surface area contributed by atoms with Gasteiger partial charge in [-0.3, -0.25) is 4.79 Å². The van der Waals surface area contributed by atoms with Crippen LogP contribution in [0.25, 0.3) is 10.2 Å². The first-order valence-electron chi connectivity index (χ1n) is 9.07. The van der Waals surface area contributed by atoms with E-state index in [1.54, 1.807) is 11.3 Å². The third kappa shape index (κ3) is 4.39. The lowest BCUT2D eigenvalue weighted by molar-refractivity contribution is -0.142. The highest BCUT2D eigenvalue weighted by Crippen LogP contribution is 2.36. The van der Waals surface area contributed by atoms with Crippen molar-refractivity contribution < 1.29 is 4.79 Å². The minimum absolute atomic E-state index is 0.0759. The molecule has 2 aromatic rings. The second-order valence-electron chi connectivity index (χ2n) is 7.77. The van der Waals surface area contributed by atoms with Crippen molar-refractivity contribution in [1.82, 2.24) is 9.88 Å². The van der Waals surface area contributed by atoms with E-state index in [2.05, 4.69) is 33.8 Å². The Morgan fingerprint density at radius 1 is 1.24 bits per heavy atom. The maximum absolute atomic E-state index is 13.3. The van der Waals surface area contributed by atoms with Gasteiger partial charge in [-0.1, -0.05) is 39.8 Å². The molecular formula is C20H31N3OS. The summed E-state index contributed by atoms with van der Waals surface area (Å²) in [7, 11) is 1.90.